The Labute approximate surface area is 126 Å². The molecule has 0 atom stereocenters. The highest BCUT2D eigenvalue weighted by molar-refractivity contribution is 7.99. The standard InChI is InChI=1S/C13H15N5O2S/c14-10-6-13(21-8-12(19)18-15)17-11(16-10)7-20-9-4-2-1-3-5-9/h1-6H,7-8,15H2,(H,18,19)(H2,14,16,17). The zero-order chi connectivity index (χ0) is 15.1. The van der Waals surface area contributed by atoms with Gasteiger partial charge >= 0.3 is 0 Å². The minimum Gasteiger partial charge on any atom is -0.486 e. The summed E-state index contributed by atoms with van der Waals surface area (Å²) in [7, 11) is 0. The van der Waals surface area contributed by atoms with Crippen molar-refractivity contribution in [3.8, 4) is 5.75 Å². The van der Waals surface area contributed by atoms with E-state index in [1.54, 1.807) is 6.07 Å². The van der Waals surface area contributed by atoms with Crippen molar-refractivity contribution in [1.29, 1.82) is 0 Å². The molecule has 0 aliphatic heterocycles. The molecule has 2 rings (SSSR count). The summed E-state index contributed by atoms with van der Waals surface area (Å²) in [6.45, 7) is 0.200. The fourth-order valence-corrected chi connectivity index (χ4v) is 2.21. The second-order valence-corrected chi connectivity index (χ2v) is 5.00. The lowest BCUT2D eigenvalue weighted by atomic mass is 10.3. The van der Waals surface area contributed by atoms with Gasteiger partial charge in [-0.3, -0.25) is 10.2 Å². The van der Waals surface area contributed by atoms with Gasteiger partial charge in [0.05, 0.1) is 5.75 Å². The van der Waals surface area contributed by atoms with Crippen LogP contribution in [0.25, 0.3) is 0 Å². The third kappa shape index (κ3) is 4.93. The Morgan fingerprint density at radius 1 is 1.29 bits per heavy atom. The second kappa shape index (κ2) is 7.46. The van der Waals surface area contributed by atoms with Crippen LogP contribution in [0.3, 0.4) is 0 Å². The number of thioether (sulfide) groups is 1. The molecule has 1 amide bonds. The van der Waals surface area contributed by atoms with E-state index in [0.717, 1.165) is 5.75 Å². The first-order valence-electron chi connectivity index (χ1n) is 6.11. The lowest BCUT2D eigenvalue weighted by Gasteiger charge is -2.07. The van der Waals surface area contributed by atoms with E-state index in [0.29, 0.717) is 16.7 Å². The number of amides is 1. The highest BCUT2D eigenvalue weighted by Gasteiger charge is 2.07. The van der Waals surface area contributed by atoms with Gasteiger partial charge in [-0.1, -0.05) is 30.0 Å². The summed E-state index contributed by atoms with van der Waals surface area (Å²) in [5, 5.41) is 0.595. The van der Waals surface area contributed by atoms with E-state index in [1.807, 2.05) is 30.3 Å². The van der Waals surface area contributed by atoms with Gasteiger partial charge in [-0.25, -0.2) is 15.8 Å². The van der Waals surface area contributed by atoms with Gasteiger partial charge in [0.25, 0.3) is 0 Å². The molecule has 0 aliphatic carbocycles. The highest BCUT2D eigenvalue weighted by Crippen LogP contribution is 2.18. The van der Waals surface area contributed by atoms with Gasteiger partial charge in [0.2, 0.25) is 5.91 Å². The van der Waals surface area contributed by atoms with E-state index in [-0.39, 0.29) is 18.3 Å². The molecule has 1 aromatic carbocycles. The van der Waals surface area contributed by atoms with Gasteiger partial charge in [-0.15, -0.1) is 0 Å². The highest BCUT2D eigenvalue weighted by atomic mass is 32.2. The van der Waals surface area contributed by atoms with Crippen LogP contribution in [-0.4, -0.2) is 21.6 Å². The largest absolute Gasteiger partial charge is 0.486 e. The number of para-hydroxylation sites is 1. The van der Waals surface area contributed by atoms with Crippen LogP contribution >= 0.6 is 11.8 Å². The number of aromatic nitrogens is 2. The monoisotopic (exact) mass is 305 g/mol. The number of hydrogen-bond acceptors (Lipinski definition) is 7. The molecule has 2 aromatic rings. The molecule has 0 unspecified atom stereocenters. The lowest BCUT2D eigenvalue weighted by molar-refractivity contribution is -0.118. The zero-order valence-electron chi connectivity index (χ0n) is 11.2. The van der Waals surface area contributed by atoms with Gasteiger partial charge in [0.1, 0.15) is 23.2 Å². The van der Waals surface area contributed by atoms with Crippen molar-refractivity contribution in [2.75, 3.05) is 11.5 Å². The third-order valence-corrected chi connectivity index (χ3v) is 3.30. The summed E-state index contributed by atoms with van der Waals surface area (Å²) < 4.78 is 5.56. The summed E-state index contributed by atoms with van der Waals surface area (Å²) in [6, 6.07) is 10.9. The summed E-state index contributed by atoms with van der Waals surface area (Å²) in [5.41, 5.74) is 7.77. The molecule has 21 heavy (non-hydrogen) atoms. The average Bonchev–Trinajstić information content (AvgIpc) is 2.51. The summed E-state index contributed by atoms with van der Waals surface area (Å²) in [6.07, 6.45) is 0. The van der Waals surface area contributed by atoms with E-state index in [9.17, 15) is 4.79 Å². The molecule has 1 aromatic heterocycles. The number of carbonyl (C=O) groups excluding carboxylic acids is 1. The molecular formula is C13H15N5O2S. The average molecular weight is 305 g/mol. The molecule has 0 saturated carbocycles. The van der Waals surface area contributed by atoms with E-state index in [4.69, 9.17) is 16.3 Å². The van der Waals surface area contributed by atoms with Crippen LogP contribution < -0.4 is 21.7 Å². The molecule has 5 N–H and O–H groups in total. The Bertz CT molecular complexity index is 609. The Balaban J connectivity index is 1.99. The van der Waals surface area contributed by atoms with Crippen molar-refractivity contribution in [1.82, 2.24) is 15.4 Å². The van der Waals surface area contributed by atoms with Crippen molar-refractivity contribution < 1.29 is 9.53 Å². The van der Waals surface area contributed by atoms with Crippen LogP contribution in [0.2, 0.25) is 0 Å². The smallest absolute Gasteiger partial charge is 0.244 e. The normalized spacial score (nSPS) is 10.1. The molecule has 0 radical (unpaired) electrons. The topological polar surface area (TPSA) is 116 Å². The molecule has 0 spiro atoms. The maximum atomic E-state index is 11.1. The SMILES string of the molecule is NNC(=O)CSc1cc(N)nc(COc2ccccc2)n1. The maximum Gasteiger partial charge on any atom is 0.244 e. The van der Waals surface area contributed by atoms with E-state index in [2.05, 4.69) is 15.4 Å². The summed E-state index contributed by atoms with van der Waals surface area (Å²) in [5.74, 6) is 6.39. The van der Waals surface area contributed by atoms with Crippen LogP contribution in [0.15, 0.2) is 41.4 Å². The fourth-order valence-electron chi connectivity index (χ4n) is 1.48. The first-order chi connectivity index (χ1) is 10.2. The van der Waals surface area contributed by atoms with Crippen molar-refractivity contribution in [3.63, 3.8) is 0 Å². The minimum absolute atomic E-state index is 0.159. The number of nitrogen functional groups attached to an aromatic ring is 1. The molecular weight excluding hydrogens is 290 g/mol. The Morgan fingerprint density at radius 2 is 2.05 bits per heavy atom. The molecule has 0 saturated heterocycles. The fraction of sp³-hybridized carbons (Fsp3) is 0.154. The third-order valence-electron chi connectivity index (χ3n) is 2.39. The minimum atomic E-state index is -0.292. The number of anilines is 1. The molecule has 1 heterocycles. The number of nitrogens with zero attached hydrogens (tertiary/aromatic N) is 2. The van der Waals surface area contributed by atoms with E-state index >= 15 is 0 Å². The van der Waals surface area contributed by atoms with Crippen LogP contribution in [0, 0.1) is 0 Å². The number of nitrogens with one attached hydrogen (secondary N) is 1. The zero-order valence-corrected chi connectivity index (χ0v) is 12.0. The summed E-state index contributed by atoms with van der Waals surface area (Å²) >= 11 is 1.22. The molecule has 0 aliphatic rings. The molecule has 8 heteroatoms. The van der Waals surface area contributed by atoms with Gasteiger partial charge in [-0.2, -0.15) is 0 Å². The molecule has 110 valence electrons. The van der Waals surface area contributed by atoms with E-state index in [1.165, 1.54) is 11.8 Å². The van der Waals surface area contributed by atoms with Crippen LogP contribution in [0.5, 0.6) is 5.75 Å². The lowest BCUT2D eigenvalue weighted by Crippen LogP contribution is -2.31. The van der Waals surface area contributed by atoms with E-state index < -0.39 is 0 Å². The van der Waals surface area contributed by atoms with Gasteiger partial charge in [0.15, 0.2) is 5.82 Å². The first-order valence-corrected chi connectivity index (χ1v) is 7.09. The number of rotatable bonds is 6. The van der Waals surface area contributed by atoms with Gasteiger partial charge in [-0.05, 0) is 12.1 Å². The number of nitrogens with two attached hydrogens (primary N) is 2. The van der Waals surface area contributed by atoms with Gasteiger partial charge in [0, 0.05) is 6.07 Å². The number of ether oxygens (including phenoxy) is 1. The number of hydrazine groups is 1. The van der Waals surface area contributed by atoms with Crippen LogP contribution in [-0.2, 0) is 11.4 Å². The number of carbonyl (C=O) groups is 1. The van der Waals surface area contributed by atoms with Crippen LogP contribution in [0.1, 0.15) is 5.82 Å². The maximum absolute atomic E-state index is 11.1. The quantitative estimate of drug-likeness (QED) is 0.237. The van der Waals surface area contributed by atoms with Gasteiger partial charge < -0.3 is 10.5 Å². The van der Waals surface area contributed by atoms with Crippen molar-refractivity contribution in [3.05, 3.63) is 42.2 Å². The Morgan fingerprint density at radius 3 is 2.76 bits per heavy atom. The molecule has 0 bridgehead atoms. The predicted octanol–water partition coefficient (Wildman–Crippen LogP) is 0.720. The van der Waals surface area contributed by atoms with Crippen LogP contribution in [0.4, 0.5) is 5.82 Å². The summed E-state index contributed by atoms with van der Waals surface area (Å²) in [4.78, 5) is 19.5. The Hall–Kier alpha value is -2.32. The second-order valence-electron chi connectivity index (χ2n) is 4.01. The number of benzene rings is 1. The predicted molar refractivity (Wildman–Crippen MR) is 80.3 cm³/mol. The molecule has 0 fully saturated rings. The van der Waals surface area contributed by atoms with Crippen molar-refractivity contribution in [2.24, 2.45) is 5.84 Å². The molecule has 7 nitrogen and oxygen atoms in total. The Kier molecular flexibility index (Phi) is 5.35. The van der Waals surface area contributed by atoms with Crippen molar-refractivity contribution >= 4 is 23.5 Å². The van der Waals surface area contributed by atoms with Crippen molar-refractivity contribution in [2.45, 2.75) is 11.6 Å². The number of hydrogen-bond donors (Lipinski definition) is 3. The first kappa shape index (κ1) is 15.1.